The minimum atomic E-state index is -4.73. The first kappa shape index (κ1) is 24.2. The summed E-state index contributed by atoms with van der Waals surface area (Å²) in [4.78, 5) is 11.3. The van der Waals surface area contributed by atoms with Crippen molar-refractivity contribution in [2.45, 2.75) is 13.1 Å². The van der Waals surface area contributed by atoms with Gasteiger partial charge in [0.25, 0.3) is 0 Å². The second kappa shape index (κ2) is 9.76. The zero-order valence-electron chi connectivity index (χ0n) is 18.5. The highest BCUT2D eigenvalue weighted by molar-refractivity contribution is 5.99. The molecule has 1 N–H and O–H groups in total. The lowest BCUT2D eigenvalue weighted by Crippen LogP contribution is -2.11. The Morgan fingerprint density at radius 2 is 1.80 bits per heavy atom. The summed E-state index contributed by atoms with van der Waals surface area (Å²) in [6, 6.07) is 15.7. The largest absolute Gasteiger partial charge is 0.491 e. The van der Waals surface area contributed by atoms with Crippen LogP contribution in [0, 0.1) is 12.7 Å². The van der Waals surface area contributed by atoms with E-state index in [4.69, 9.17) is 14.6 Å². The number of alkyl halides is 3. The van der Waals surface area contributed by atoms with Crippen LogP contribution >= 0.6 is 0 Å². The third-order valence-electron chi connectivity index (χ3n) is 5.39. The van der Waals surface area contributed by atoms with Gasteiger partial charge in [-0.15, -0.1) is 0 Å². The summed E-state index contributed by atoms with van der Waals surface area (Å²) < 4.78 is 66.3. The van der Waals surface area contributed by atoms with Crippen molar-refractivity contribution in [1.82, 2.24) is 0 Å². The van der Waals surface area contributed by atoms with Gasteiger partial charge in [-0.3, -0.25) is 4.79 Å². The van der Waals surface area contributed by atoms with E-state index in [0.29, 0.717) is 39.3 Å². The highest BCUT2D eigenvalue weighted by atomic mass is 19.4. The van der Waals surface area contributed by atoms with Gasteiger partial charge in [-0.05, 0) is 65.9 Å². The summed E-state index contributed by atoms with van der Waals surface area (Å²) in [7, 11) is 0. The summed E-state index contributed by atoms with van der Waals surface area (Å²) in [5.74, 6) is -0.805. The Kier molecular flexibility index (Phi) is 6.75. The van der Waals surface area contributed by atoms with E-state index in [0.717, 1.165) is 12.1 Å². The Morgan fingerprint density at radius 1 is 1.00 bits per heavy atom. The number of benzene rings is 4. The third-order valence-corrected chi connectivity index (χ3v) is 5.39. The van der Waals surface area contributed by atoms with E-state index in [9.17, 15) is 22.4 Å². The van der Waals surface area contributed by atoms with Crippen LogP contribution in [0.25, 0.3) is 21.9 Å². The van der Waals surface area contributed by atoms with Gasteiger partial charge in [0.05, 0.1) is 6.61 Å². The Hall–Kier alpha value is -3.91. The van der Waals surface area contributed by atoms with E-state index in [1.54, 1.807) is 31.2 Å². The molecule has 0 aliphatic carbocycles. The standard InChI is InChI=1S/C27H20F4O4/c1-16-11-19-12-17(15-33)5-7-22(19)26(25(16)18-3-2-4-20(28)13-18)35-21-6-8-24(34-10-9-32)23(14-21)27(29,30)31/h2-8,11-15,32H,9-10H2,1H3. The number of hydrogen-bond acceptors (Lipinski definition) is 4. The molecule has 4 aromatic rings. The maximum atomic E-state index is 14.0. The van der Waals surface area contributed by atoms with Crippen molar-refractivity contribution in [2.75, 3.05) is 13.2 Å². The minimum Gasteiger partial charge on any atom is -0.491 e. The molecule has 4 nitrogen and oxygen atoms in total. The van der Waals surface area contributed by atoms with Gasteiger partial charge in [0, 0.05) is 16.5 Å². The predicted molar refractivity (Wildman–Crippen MR) is 124 cm³/mol. The smallest absolute Gasteiger partial charge is 0.420 e. The molecule has 0 saturated carbocycles. The van der Waals surface area contributed by atoms with Crippen LogP contribution in [0.5, 0.6) is 17.2 Å². The van der Waals surface area contributed by atoms with Crippen molar-refractivity contribution in [3.63, 3.8) is 0 Å². The van der Waals surface area contributed by atoms with Gasteiger partial charge in [0.2, 0.25) is 0 Å². The highest BCUT2D eigenvalue weighted by Gasteiger charge is 2.35. The third kappa shape index (κ3) is 5.12. The number of ether oxygens (including phenoxy) is 2. The number of hydrogen-bond donors (Lipinski definition) is 1. The molecule has 4 aromatic carbocycles. The number of aryl methyl sites for hydroxylation is 1. The molecule has 0 atom stereocenters. The van der Waals surface area contributed by atoms with E-state index < -0.39 is 29.9 Å². The number of rotatable bonds is 7. The molecule has 0 aliphatic heterocycles. The van der Waals surface area contributed by atoms with Crippen LogP contribution < -0.4 is 9.47 Å². The molecule has 4 rings (SSSR count). The molecule has 0 bridgehead atoms. The van der Waals surface area contributed by atoms with Gasteiger partial charge in [0.15, 0.2) is 0 Å². The first-order valence-corrected chi connectivity index (χ1v) is 10.6. The van der Waals surface area contributed by atoms with Crippen LogP contribution in [-0.2, 0) is 6.18 Å². The van der Waals surface area contributed by atoms with Crippen molar-refractivity contribution in [2.24, 2.45) is 0 Å². The van der Waals surface area contributed by atoms with Gasteiger partial charge in [0.1, 0.15) is 41.5 Å². The molecule has 0 saturated heterocycles. The van der Waals surface area contributed by atoms with Gasteiger partial charge in [-0.25, -0.2) is 4.39 Å². The van der Waals surface area contributed by atoms with E-state index in [-0.39, 0.29) is 18.1 Å². The fourth-order valence-corrected chi connectivity index (χ4v) is 3.90. The monoisotopic (exact) mass is 484 g/mol. The topological polar surface area (TPSA) is 55.8 Å². The van der Waals surface area contributed by atoms with E-state index >= 15 is 0 Å². The van der Waals surface area contributed by atoms with Crippen LogP contribution in [0.2, 0.25) is 0 Å². The van der Waals surface area contributed by atoms with E-state index in [1.807, 2.05) is 6.07 Å². The molecule has 180 valence electrons. The quantitative estimate of drug-likeness (QED) is 0.228. The Balaban J connectivity index is 1.92. The molecule has 0 radical (unpaired) electrons. The Labute approximate surface area is 198 Å². The molecule has 0 spiro atoms. The summed E-state index contributed by atoms with van der Waals surface area (Å²) >= 11 is 0. The molecular formula is C27H20F4O4. The number of aldehydes is 1. The lowest BCUT2D eigenvalue weighted by atomic mass is 9.94. The fourth-order valence-electron chi connectivity index (χ4n) is 3.90. The molecule has 0 aliphatic rings. The first-order valence-electron chi connectivity index (χ1n) is 10.6. The molecule has 0 unspecified atom stereocenters. The van der Waals surface area contributed by atoms with Crippen molar-refractivity contribution < 1.29 is 36.9 Å². The second-order valence-corrected chi connectivity index (χ2v) is 7.84. The molecule has 0 amide bonds. The SMILES string of the molecule is Cc1cc2cc(C=O)ccc2c(Oc2ccc(OCCO)c(C(F)(F)F)c2)c1-c1cccc(F)c1. The Morgan fingerprint density at radius 3 is 2.49 bits per heavy atom. The summed E-state index contributed by atoms with van der Waals surface area (Å²) in [6.07, 6.45) is -4.04. The Bertz CT molecular complexity index is 1400. The van der Waals surface area contributed by atoms with Crippen LogP contribution in [0.1, 0.15) is 21.5 Å². The van der Waals surface area contributed by atoms with Crippen LogP contribution in [0.4, 0.5) is 17.6 Å². The van der Waals surface area contributed by atoms with Crippen molar-refractivity contribution in [3.05, 3.63) is 89.2 Å². The highest BCUT2D eigenvalue weighted by Crippen LogP contribution is 2.44. The number of halogens is 4. The van der Waals surface area contributed by atoms with E-state index in [1.165, 1.54) is 24.3 Å². The number of carbonyl (C=O) groups excluding carboxylic acids is 1. The molecular weight excluding hydrogens is 464 g/mol. The number of aliphatic hydroxyl groups excluding tert-OH is 1. The average Bonchev–Trinajstić information content (AvgIpc) is 2.82. The van der Waals surface area contributed by atoms with Crippen molar-refractivity contribution in [1.29, 1.82) is 0 Å². The lowest BCUT2D eigenvalue weighted by Gasteiger charge is -2.19. The van der Waals surface area contributed by atoms with Gasteiger partial charge in [-0.2, -0.15) is 13.2 Å². The van der Waals surface area contributed by atoms with E-state index in [2.05, 4.69) is 0 Å². The summed E-state index contributed by atoms with van der Waals surface area (Å²) in [6.45, 7) is 1.03. The van der Waals surface area contributed by atoms with Crippen molar-refractivity contribution >= 4 is 17.1 Å². The van der Waals surface area contributed by atoms with Crippen LogP contribution in [0.3, 0.4) is 0 Å². The number of carbonyl (C=O) groups is 1. The molecule has 0 heterocycles. The van der Waals surface area contributed by atoms with Gasteiger partial charge < -0.3 is 14.6 Å². The minimum absolute atomic E-state index is 0.113. The molecule has 0 aromatic heterocycles. The van der Waals surface area contributed by atoms with Crippen LogP contribution in [0.15, 0.2) is 66.7 Å². The summed E-state index contributed by atoms with van der Waals surface area (Å²) in [5.41, 5.74) is 1.03. The molecule has 0 fully saturated rings. The second-order valence-electron chi connectivity index (χ2n) is 7.84. The maximum Gasteiger partial charge on any atom is 0.420 e. The zero-order chi connectivity index (χ0) is 25.2. The van der Waals surface area contributed by atoms with Crippen molar-refractivity contribution in [3.8, 4) is 28.4 Å². The van der Waals surface area contributed by atoms with Gasteiger partial charge >= 0.3 is 6.18 Å². The van der Waals surface area contributed by atoms with Crippen LogP contribution in [-0.4, -0.2) is 24.6 Å². The van der Waals surface area contributed by atoms with Gasteiger partial charge in [-0.1, -0.05) is 24.3 Å². The average molecular weight is 484 g/mol. The molecule has 35 heavy (non-hydrogen) atoms. The normalized spacial score (nSPS) is 11.5. The maximum absolute atomic E-state index is 14.0. The fraction of sp³-hybridized carbons (Fsp3) is 0.148. The number of aliphatic hydroxyl groups is 1. The zero-order valence-corrected chi connectivity index (χ0v) is 18.5. The first-order chi connectivity index (χ1) is 16.7. The molecule has 8 heteroatoms. The summed E-state index contributed by atoms with van der Waals surface area (Å²) in [5, 5.41) is 10.1. The number of fused-ring (bicyclic) bond motifs is 1. The lowest BCUT2D eigenvalue weighted by molar-refractivity contribution is -0.139. The predicted octanol–water partition coefficient (Wildman–Crippen LogP) is 6.95.